The van der Waals surface area contributed by atoms with Crippen molar-refractivity contribution in [2.45, 2.75) is 19.9 Å². The van der Waals surface area contributed by atoms with Crippen LogP contribution in [-0.4, -0.2) is 19.7 Å². The molecular formula is C14H13N5. The van der Waals surface area contributed by atoms with Gasteiger partial charge in [-0.1, -0.05) is 0 Å². The first-order valence-electron chi connectivity index (χ1n) is 6.12. The molecule has 3 rings (SSSR count). The molecule has 5 heteroatoms. The molecule has 1 aromatic carbocycles. The summed E-state index contributed by atoms with van der Waals surface area (Å²) in [7, 11) is 0. The summed E-state index contributed by atoms with van der Waals surface area (Å²) in [5.74, 6) is 0.775. The highest BCUT2D eigenvalue weighted by Gasteiger charge is 2.09. The Labute approximate surface area is 110 Å². The lowest BCUT2D eigenvalue weighted by Crippen LogP contribution is -1.99. The van der Waals surface area contributed by atoms with Crippen LogP contribution in [0.4, 0.5) is 0 Å². The maximum Gasteiger partial charge on any atom is 0.141 e. The zero-order valence-electron chi connectivity index (χ0n) is 10.8. The number of aromatic amines is 1. The maximum atomic E-state index is 8.89. The van der Waals surface area contributed by atoms with Crippen LogP contribution in [0, 0.1) is 11.3 Å². The van der Waals surface area contributed by atoms with E-state index in [2.05, 4.69) is 35.0 Å². The van der Waals surface area contributed by atoms with Crippen molar-refractivity contribution in [2.24, 2.45) is 0 Å². The molecule has 0 atom stereocenters. The number of nitrogens with zero attached hydrogens (tertiary/aromatic N) is 4. The SMILES string of the molecule is CC(C)n1cc(-c2nc3ccc(C#N)cc3[nH]2)cn1. The molecule has 0 aliphatic heterocycles. The van der Waals surface area contributed by atoms with Crippen molar-refractivity contribution in [3.63, 3.8) is 0 Å². The highest BCUT2D eigenvalue weighted by molar-refractivity contribution is 5.80. The molecule has 94 valence electrons. The van der Waals surface area contributed by atoms with E-state index < -0.39 is 0 Å². The molecule has 3 aromatic rings. The molecule has 0 saturated carbocycles. The highest BCUT2D eigenvalue weighted by Crippen LogP contribution is 2.21. The van der Waals surface area contributed by atoms with Gasteiger partial charge < -0.3 is 4.98 Å². The fourth-order valence-electron chi connectivity index (χ4n) is 1.96. The lowest BCUT2D eigenvalue weighted by atomic mass is 10.2. The Morgan fingerprint density at radius 3 is 2.89 bits per heavy atom. The van der Waals surface area contributed by atoms with Crippen molar-refractivity contribution in [3.8, 4) is 17.5 Å². The van der Waals surface area contributed by atoms with E-state index in [1.165, 1.54) is 0 Å². The molecule has 5 nitrogen and oxygen atoms in total. The minimum atomic E-state index is 0.323. The average molecular weight is 251 g/mol. The molecule has 0 amide bonds. The Bertz CT molecular complexity index is 773. The van der Waals surface area contributed by atoms with Crippen LogP contribution < -0.4 is 0 Å². The Balaban J connectivity index is 2.07. The number of rotatable bonds is 2. The number of fused-ring (bicyclic) bond motifs is 1. The number of hydrogen-bond acceptors (Lipinski definition) is 3. The number of imidazole rings is 1. The van der Waals surface area contributed by atoms with Gasteiger partial charge in [-0.05, 0) is 32.0 Å². The van der Waals surface area contributed by atoms with Gasteiger partial charge in [-0.15, -0.1) is 0 Å². The lowest BCUT2D eigenvalue weighted by molar-refractivity contribution is 0.532. The topological polar surface area (TPSA) is 70.3 Å². The first kappa shape index (κ1) is 11.5. The van der Waals surface area contributed by atoms with E-state index in [0.29, 0.717) is 11.6 Å². The summed E-state index contributed by atoms with van der Waals surface area (Å²) in [5.41, 5.74) is 3.29. The standard InChI is InChI=1S/C14H13N5/c1-9(2)19-8-11(7-16-19)14-17-12-4-3-10(6-15)5-13(12)18-14/h3-5,7-9H,1-2H3,(H,17,18). The van der Waals surface area contributed by atoms with E-state index in [4.69, 9.17) is 5.26 Å². The molecule has 1 N–H and O–H groups in total. The summed E-state index contributed by atoms with van der Waals surface area (Å²) in [4.78, 5) is 7.74. The van der Waals surface area contributed by atoms with Crippen LogP contribution in [0.25, 0.3) is 22.4 Å². The van der Waals surface area contributed by atoms with E-state index >= 15 is 0 Å². The van der Waals surface area contributed by atoms with Crippen LogP contribution >= 0.6 is 0 Å². The van der Waals surface area contributed by atoms with Crippen molar-refractivity contribution in [1.29, 1.82) is 5.26 Å². The van der Waals surface area contributed by atoms with Gasteiger partial charge in [-0.3, -0.25) is 4.68 Å². The fourth-order valence-corrected chi connectivity index (χ4v) is 1.96. The second-order valence-electron chi connectivity index (χ2n) is 4.73. The van der Waals surface area contributed by atoms with Crippen molar-refractivity contribution in [2.75, 3.05) is 0 Å². The quantitative estimate of drug-likeness (QED) is 0.761. The molecule has 0 unspecified atom stereocenters. The predicted molar refractivity (Wildman–Crippen MR) is 72.4 cm³/mol. The van der Waals surface area contributed by atoms with E-state index in [1.54, 1.807) is 18.3 Å². The summed E-state index contributed by atoms with van der Waals surface area (Å²) < 4.78 is 1.89. The third-order valence-electron chi connectivity index (χ3n) is 3.02. The van der Waals surface area contributed by atoms with E-state index in [1.807, 2.05) is 16.9 Å². The molecule has 0 spiro atoms. The third-order valence-corrected chi connectivity index (χ3v) is 3.02. The first-order chi connectivity index (χ1) is 9.17. The average Bonchev–Trinajstić information content (AvgIpc) is 3.04. The van der Waals surface area contributed by atoms with Gasteiger partial charge in [0.05, 0.1) is 34.4 Å². The maximum absolute atomic E-state index is 8.89. The third kappa shape index (κ3) is 1.97. The molecule has 19 heavy (non-hydrogen) atoms. The summed E-state index contributed by atoms with van der Waals surface area (Å²) in [6.07, 6.45) is 3.76. The summed E-state index contributed by atoms with van der Waals surface area (Å²) >= 11 is 0. The van der Waals surface area contributed by atoms with Gasteiger partial charge in [0.2, 0.25) is 0 Å². The molecule has 0 aliphatic rings. The number of nitriles is 1. The number of benzene rings is 1. The number of H-pyrrole nitrogens is 1. The Hall–Kier alpha value is -2.61. The lowest BCUT2D eigenvalue weighted by Gasteiger charge is -2.02. The second kappa shape index (κ2) is 4.25. The van der Waals surface area contributed by atoms with Gasteiger partial charge in [-0.2, -0.15) is 10.4 Å². The van der Waals surface area contributed by atoms with Crippen LogP contribution in [-0.2, 0) is 0 Å². The van der Waals surface area contributed by atoms with Crippen molar-refractivity contribution in [1.82, 2.24) is 19.7 Å². The number of nitrogens with one attached hydrogen (secondary N) is 1. The largest absolute Gasteiger partial charge is 0.338 e. The van der Waals surface area contributed by atoms with Gasteiger partial charge in [0.25, 0.3) is 0 Å². The van der Waals surface area contributed by atoms with Crippen LogP contribution in [0.15, 0.2) is 30.6 Å². The van der Waals surface area contributed by atoms with E-state index in [9.17, 15) is 0 Å². The smallest absolute Gasteiger partial charge is 0.141 e. The summed E-state index contributed by atoms with van der Waals surface area (Å²) in [6, 6.07) is 7.87. The second-order valence-corrected chi connectivity index (χ2v) is 4.73. The van der Waals surface area contributed by atoms with Gasteiger partial charge >= 0.3 is 0 Å². The first-order valence-corrected chi connectivity index (χ1v) is 6.12. The van der Waals surface area contributed by atoms with Crippen LogP contribution in [0.1, 0.15) is 25.5 Å². The summed E-state index contributed by atoms with van der Waals surface area (Å²) in [6.45, 7) is 4.16. The minimum Gasteiger partial charge on any atom is -0.338 e. The van der Waals surface area contributed by atoms with Crippen molar-refractivity contribution in [3.05, 3.63) is 36.2 Å². The van der Waals surface area contributed by atoms with Gasteiger partial charge in [-0.25, -0.2) is 4.98 Å². The Morgan fingerprint density at radius 2 is 2.21 bits per heavy atom. The van der Waals surface area contributed by atoms with E-state index in [0.717, 1.165) is 22.4 Å². The van der Waals surface area contributed by atoms with Gasteiger partial charge in [0.1, 0.15) is 5.82 Å². The Morgan fingerprint density at radius 1 is 1.37 bits per heavy atom. The van der Waals surface area contributed by atoms with Gasteiger partial charge in [0.15, 0.2) is 0 Å². The molecule has 0 saturated heterocycles. The molecule has 2 aromatic heterocycles. The van der Waals surface area contributed by atoms with Crippen molar-refractivity contribution >= 4 is 11.0 Å². The highest BCUT2D eigenvalue weighted by atomic mass is 15.3. The van der Waals surface area contributed by atoms with E-state index in [-0.39, 0.29) is 0 Å². The predicted octanol–water partition coefficient (Wildman–Crippen LogP) is 2.88. The molecule has 0 radical (unpaired) electrons. The normalized spacial score (nSPS) is 11.1. The zero-order chi connectivity index (χ0) is 13.4. The molecular weight excluding hydrogens is 238 g/mol. The fraction of sp³-hybridized carbons (Fsp3) is 0.214. The minimum absolute atomic E-state index is 0.323. The van der Waals surface area contributed by atoms with Gasteiger partial charge in [0, 0.05) is 12.2 Å². The zero-order valence-corrected chi connectivity index (χ0v) is 10.8. The number of aromatic nitrogens is 4. The Kier molecular flexibility index (Phi) is 2.57. The van der Waals surface area contributed by atoms with Crippen LogP contribution in [0.5, 0.6) is 0 Å². The van der Waals surface area contributed by atoms with Crippen molar-refractivity contribution < 1.29 is 0 Å². The molecule has 0 bridgehead atoms. The molecule has 0 aliphatic carbocycles. The number of hydrogen-bond donors (Lipinski definition) is 1. The monoisotopic (exact) mass is 251 g/mol. The van der Waals surface area contributed by atoms with Crippen LogP contribution in [0.2, 0.25) is 0 Å². The summed E-state index contributed by atoms with van der Waals surface area (Å²) in [5, 5.41) is 13.2. The molecule has 2 heterocycles. The van der Waals surface area contributed by atoms with Crippen LogP contribution in [0.3, 0.4) is 0 Å². The molecule has 0 fully saturated rings.